The lowest BCUT2D eigenvalue weighted by molar-refractivity contribution is -0.150. The lowest BCUT2D eigenvalue weighted by atomic mass is 9.94. The van der Waals surface area contributed by atoms with Crippen molar-refractivity contribution < 1.29 is 14.6 Å². The highest BCUT2D eigenvalue weighted by molar-refractivity contribution is 7.10. The largest absolute Gasteiger partial charge is 0.467 e. The number of ether oxygens (including phenoxy) is 1. The smallest absolute Gasteiger partial charge is 0.335 e. The van der Waals surface area contributed by atoms with Gasteiger partial charge in [-0.1, -0.05) is 0 Å². The van der Waals surface area contributed by atoms with E-state index in [0.717, 1.165) is 18.4 Å². The second-order valence-corrected chi connectivity index (χ2v) is 5.08. The zero-order valence-corrected chi connectivity index (χ0v) is 10.2. The molecule has 1 aliphatic carbocycles. The number of aliphatic hydroxyl groups excluding tert-OH is 1. The number of rotatable bonds is 3. The molecule has 1 aromatic heterocycles. The third-order valence-electron chi connectivity index (χ3n) is 3.03. The van der Waals surface area contributed by atoms with Gasteiger partial charge in [-0.15, -0.1) is 11.3 Å². The van der Waals surface area contributed by atoms with Gasteiger partial charge in [-0.3, -0.25) is 0 Å². The van der Waals surface area contributed by atoms with E-state index in [-0.39, 0.29) is 0 Å². The van der Waals surface area contributed by atoms with Gasteiger partial charge in [0.1, 0.15) is 0 Å². The third kappa shape index (κ3) is 2.28. The highest BCUT2D eigenvalue weighted by Crippen LogP contribution is 2.30. The first-order chi connectivity index (χ1) is 7.72. The van der Waals surface area contributed by atoms with Crippen LogP contribution in [0.4, 0.5) is 0 Å². The lowest BCUT2D eigenvalue weighted by Crippen LogP contribution is -2.24. The van der Waals surface area contributed by atoms with Crippen molar-refractivity contribution in [2.24, 2.45) is 0 Å². The monoisotopic (exact) mass is 240 g/mol. The number of carbonyl (C=O) groups is 1. The van der Waals surface area contributed by atoms with Crippen LogP contribution in [0.2, 0.25) is 0 Å². The number of hydrogen-bond acceptors (Lipinski definition) is 4. The van der Waals surface area contributed by atoms with Crippen molar-refractivity contribution in [2.45, 2.75) is 38.2 Å². The molecule has 0 saturated carbocycles. The van der Waals surface area contributed by atoms with Crippen LogP contribution in [-0.2, 0) is 28.8 Å². The molecule has 1 aliphatic rings. The van der Waals surface area contributed by atoms with Crippen molar-refractivity contribution in [3.05, 3.63) is 21.4 Å². The summed E-state index contributed by atoms with van der Waals surface area (Å²) in [5.41, 5.74) is 2.48. The number of aryl methyl sites for hydroxylation is 1. The summed E-state index contributed by atoms with van der Waals surface area (Å²) in [5.74, 6) is -0.546. The number of thiophene rings is 1. The van der Waals surface area contributed by atoms with Crippen molar-refractivity contribution >= 4 is 17.3 Å². The third-order valence-corrected chi connectivity index (χ3v) is 4.17. The number of aliphatic hydroxyl groups is 1. The molecule has 1 atom stereocenters. The molecule has 1 N–H and O–H groups in total. The molecule has 0 radical (unpaired) electrons. The number of methoxy groups -OCH3 is 1. The van der Waals surface area contributed by atoms with Crippen LogP contribution in [0, 0.1) is 0 Å². The molecule has 0 bridgehead atoms. The number of fused-ring (bicyclic) bond motifs is 1. The van der Waals surface area contributed by atoms with Gasteiger partial charge in [0.25, 0.3) is 0 Å². The molecule has 0 saturated heterocycles. The summed E-state index contributed by atoms with van der Waals surface area (Å²) in [7, 11) is 1.30. The minimum atomic E-state index is -1.02. The first-order valence-corrected chi connectivity index (χ1v) is 6.44. The summed E-state index contributed by atoms with van der Waals surface area (Å²) >= 11 is 1.75. The maximum atomic E-state index is 11.1. The van der Waals surface area contributed by atoms with Crippen LogP contribution in [0.1, 0.15) is 28.8 Å². The minimum absolute atomic E-state index is 0.387. The summed E-state index contributed by atoms with van der Waals surface area (Å²) in [5, 5.41) is 11.7. The summed E-state index contributed by atoms with van der Waals surface area (Å²) in [4.78, 5) is 12.6. The molecule has 1 unspecified atom stereocenters. The van der Waals surface area contributed by atoms with E-state index in [1.54, 1.807) is 11.3 Å². The molecular formula is C12H16O3S. The summed E-state index contributed by atoms with van der Waals surface area (Å²) in [6.45, 7) is 0. The van der Waals surface area contributed by atoms with Gasteiger partial charge >= 0.3 is 5.97 Å². The molecule has 16 heavy (non-hydrogen) atoms. The average Bonchev–Trinajstić information content (AvgIpc) is 2.72. The van der Waals surface area contributed by atoms with E-state index >= 15 is 0 Å². The second-order valence-electron chi connectivity index (χ2n) is 4.11. The van der Waals surface area contributed by atoms with Gasteiger partial charge in [0, 0.05) is 11.3 Å². The highest BCUT2D eigenvalue weighted by Gasteiger charge is 2.21. The predicted molar refractivity (Wildman–Crippen MR) is 62.7 cm³/mol. The van der Waals surface area contributed by atoms with Gasteiger partial charge in [0.2, 0.25) is 0 Å². The second kappa shape index (κ2) is 4.97. The van der Waals surface area contributed by atoms with Crippen molar-refractivity contribution in [3.8, 4) is 0 Å². The zero-order chi connectivity index (χ0) is 11.5. The molecule has 2 rings (SSSR count). The Hall–Kier alpha value is -0.870. The molecular weight excluding hydrogens is 224 g/mol. The van der Waals surface area contributed by atoms with Gasteiger partial charge < -0.3 is 9.84 Å². The van der Waals surface area contributed by atoms with Crippen LogP contribution in [-0.4, -0.2) is 24.3 Å². The van der Waals surface area contributed by atoms with E-state index in [9.17, 15) is 9.90 Å². The van der Waals surface area contributed by atoms with Gasteiger partial charge in [0.15, 0.2) is 6.10 Å². The van der Waals surface area contributed by atoms with Gasteiger partial charge in [-0.05, 0) is 42.2 Å². The van der Waals surface area contributed by atoms with E-state index in [0.29, 0.717) is 6.42 Å². The molecule has 88 valence electrons. The van der Waals surface area contributed by atoms with Gasteiger partial charge in [-0.2, -0.15) is 0 Å². The van der Waals surface area contributed by atoms with Gasteiger partial charge in [0.05, 0.1) is 7.11 Å². The predicted octanol–water partition coefficient (Wildman–Crippen LogP) is 1.70. The first kappa shape index (κ1) is 11.6. The van der Waals surface area contributed by atoms with Crippen molar-refractivity contribution in [2.75, 3.05) is 7.11 Å². The van der Waals surface area contributed by atoms with E-state index in [4.69, 9.17) is 0 Å². The van der Waals surface area contributed by atoms with E-state index in [1.807, 2.05) is 0 Å². The highest BCUT2D eigenvalue weighted by atomic mass is 32.1. The van der Waals surface area contributed by atoms with Gasteiger partial charge in [-0.25, -0.2) is 4.79 Å². The summed E-state index contributed by atoms with van der Waals surface area (Å²) in [6.07, 6.45) is 4.07. The zero-order valence-electron chi connectivity index (χ0n) is 9.36. The Kier molecular flexibility index (Phi) is 3.61. The fraction of sp³-hybridized carbons (Fsp3) is 0.583. The normalized spacial score (nSPS) is 16.6. The molecule has 0 aromatic carbocycles. The van der Waals surface area contributed by atoms with E-state index < -0.39 is 12.1 Å². The number of esters is 1. The Balaban J connectivity index is 2.10. The van der Waals surface area contributed by atoms with E-state index in [1.165, 1.54) is 30.4 Å². The Bertz CT molecular complexity index is 384. The van der Waals surface area contributed by atoms with Crippen LogP contribution >= 0.6 is 11.3 Å². The number of carbonyl (C=O) groups excluding carboxylic acids is 1. The van der Waals surface area contributed by atoms with Crippen LogP contribution in [0.5, 0.6) is 0 Å². The standard InChI is InChI=1S/C12H16O3S/c1-15-12(14)10(13)6-8-7-16-11-5-3-2-4-9(8)11/h7,10,13H,2-6H2,1H3. The lowest BCUT2D eigenvalue weighted by Gasteiger charge is -2.14. The quantitative estimate of drug-likeness (QED) is 0.818. The minimum Gasteiger partial charge on any atom is -0.467 e. The van der Waals surface area contributed by atoms with Crippen molar-refractivity contribution in [1.29, 1.82) is 0 Å². The molecule has 0 amide bonds. The SMILES string of the molecule is COC(=O)C(O)Cc1csc2c1CCCC2. The molecule has 0 spiro atoms. The summed E-state index contributed by atoms with van der Waals surface area (Å²) < 4.78 is 4.52. The maximum Gasteiger partial charge on any atom is 0.335 e. The Morgan fingerprint density at radius 2 is 2.31 bits per heavy atom. The maximum absolute atomic E-state index is 11.1. The molecule has 1 aromatic rings. The van der Waals surface area contributed by atoms with Crippen LogP contribution in [0.3, 0.4) is 0 Å². The Labute approximate surface area is 99.1 Å². The Morgan fingerprint density at radius 1 is 1.56 bits per heavy atom. The number of hydrogen-bond donors (Lipinski definition) is 1. The van der Waals surface area contributed by atoms with E-state index in [2.05, 4.69) is 10.1 Å². The molecule has 0 aliphatic heterocycles. The molecule has 4 heteroatoms. The fourth-order valence-corrected chi connectivity index (χ4v) is 3.32. The first-order valence-electron chi connectivity index (χ1n) is 5.56. The topological polar surface area (TPSA) is 46.5 Å². The van der Waals surface area contributed by atoms with Crippen molar-refractivity contribution in [1.82, 2.24) is 0 Å². The van der Waals surface area contributed by atoms with Crippen LogP contribution in [0.25, 0.3) is 0 Å². The molecule has 0 fully saturated rings. The average molecular weight is 240 g/mol. The molecule has 1 heterocycles. The van der Waals surface area contributed by atoms with Crippen LogP contribution < -0.4 is 0 Å². The summed E-state index contributed by atoms with van der Waals surface area (Å²) in [6, 6.07) is 0. The van der Waals surface area contributed by atoms with Crippen LogP contribution in [0.15, 0.2) is 5.38 Å². The molecule has 3 nitrogen and oxygen atoms in total. The fourth-order valence-electron chi connectivity index (χ4n) is 2.16. The Morgan fingerprint density at radius 3 is 3.06 bits per heavy atom. The van der Waals surface area contributed by atoms with Crippen molar-refractivity contribution in [3.63, 3.8) is 0 Å².